The molecule has 0 saturated carbocycles. The molecule has 1 N–H and O–H groups in total. The first-order chi connectivity index (χ1) is 9.69. The fourth-order valence-electron chi connectivity index (χ4n) is 2.07. The van der Waals surface area contributed by atoms with Gasteiger partial charge in [-0.05, 0) is 45.7 Å². The monoisotopic (exact) mass is 291 g/mol. The van der Waals surface area contributed by atoms with Crippen LogP contribution in [0, 0.1) is 6.92 Å². The van der Waals surface area contributed by atoms with Crippen molar-refractivity contribution in [2.75, 3.05) is 0 Å². The summed E-state index contributed by atoms with van der Waals surface area (Å²) in [5.41, 5.74) is 1.71. The van der Waals surface area contributed by atoms with Crippen LogP contribution < -0.4 is 5.32 Å². The Kier molecular flexibility index (Phi) is 5.94. The van der Waals surface area contributed by atoms with Crippen molar-refractivity contribution in [1.82, 2.24) is 5.32 Å². The maximum Gasteiger partial charge on any atom is 0.306 e. The Morgan fingerprint density at radius 3 is 2.38 bits per heavy atom. The van der Waals surface area contributed by atoms with Crippen molar-refractivity contribution >= 4 is 11.9 Å². The van der Waals surface area contributed by atoms with Crippen LogP contribution in [0.15, 0.2) is 24.3 Å². The molecule has 0 spiro atoms. The van der Waals surface area contributed by atoms with E-state index in [2.05, 4.69) is 5.32 Å². The maximum absolute atomic E-state index is 11.9. The van der Waals surface area contributed by atoms with E-state index >= 15 is 0 Å². The van der Waals surface area contributed by atoms with Gasteiger partial charge in [-0.2, -0.15) is 0 Å². The molecule has 1 amide bonds. The van der Waals surface area contributed by atoms with Crippen LogP contribution >= 0.6 is 0 Å². The van der Waals surface area contributed by atoms with E-state index in [0.29, 0.717) is 0 Å². The van der Waals surface area contributed by atoms with E-state index < -0.39 is 5.60 Å². The summed E-state index contributed by atoms with van der Waals surface area (Å²) < 4.78 is 5.18. The van der Waals surface area contributed by atoms with Gasteiger partial charge in [0.05, 0.1) is 12.5 Å². The second-order valence-electron chi connectivity index (χ2n) is 6.23. The predicted molar refractivity (Wildman–Crippen MR) is 82.8 cm³/mol. The van der Waals surface area contributed by atoms with Crippen molar-refractivity contribution < 1.29 is 14.3 Å². The van der Waals surface area contributed by atoms with Gasteiger partial charge >= 0.3 is 5.97 Å². The first-order valence-electron chi connectivity index (χ1n) is 7.26. The SMILES string of the molecule is Cc1ccccc1C(C)NC(=O)CCC(=O)OC(C)(C)C. The van der Waals surface area contributed by atoms with Gasteiger partial charge in [0.25, 0.3) is 0 Å². The fraction of sp³-hybridized carbons (Fsp3) is 0.529. The number of carbonyl (C=O) groups is 2. The molecular formula is C17H25NO3. The third-order valence-corrected chi connectivity index (χ3v) is 3.01. The molecule has 1 aromatic carbocycles. The minimum Gasteiger partial charge on any atom is -0.460 e. The minimum atomic E-state index is -0.512. The highest BCUT2D eigenvalue weighted by Crippen LogP contribution is 2.17. The lowest BCUT2D eigenvalue weighted by Gasteiger charge is -2.20. The van der Waals surface area contributed by atoms with E-state index in [1.54, 1.807) is 0 Å². The molecule has 0 saturated heterocycles. The Balaban J connectivity index is 2.44. The highest BCUT2D eigenvalue weighted by Gasteiger charge is 2.18. The van der Waals surface area contributed by atoms with Crippen molar-refractivity contribution in [3.05, 3.63) is 35.4 Å². The van der Waals surface area contributed by atoms with E-state index in [1.165, 1.54) is 0 Å². The van der Waals surface area contributed by atoms with E-state index in [9.17, 15) is 9.59 Å². The molecule has 0 heterocycles. The molecule has 0 aliphatic carbocycles. The number of ether oxygens (including phenoxy) is 1. The van der Waals surface area contributed by atoms with Gasteiger partial charge < -0.3 is 10.1 Å². The number of amides is 1. The maximum atomic E-state index is 11.9. The van der Waals surface area contributed by atoms with Gasteiger partial charge in [0.1, 0.15) is 5.60 Å². The van der Waals surface area contributed by atoms with Crippen LogP contribution in [-0.4, -0.2) is 17.5 Å². The smallest absolute Gasteiger partial charge is 0.306 e. The summed E-state index contributed by atoms with van der Waals surface area (Å²) >= 11 is 0. The Labute approximate surface area is 126 Å². The van der Waals surface area contributed by atoms with Gasteiger partial charge in [-0.25, -0.2) is 0 Å². The number of benzene rings is 1. The second-order valence-corrected chi connectivity index (χ2v) is 6.23. The number of aryl methyl sites for hydroxylation is 1. The Bertz CT molecular complexity index is 503. The molecule has 1 rings (SSSR count). The van der Waals surface area contributed by atoms with Gasteiger partial charge in [-0.15, -0.1) is 0 Å². The normalized spacial score (nSPS) is 12.6. The van der Waals surface area contributed by atoms with Gasteiger partial charge in [-0.3, -0.25) is 9.59 Å². The third-order valence-electron chi connectivity index (χ3n) is 3.01. The van der Waals surface area contributed by atoms with Gasteiger partial charge in [-0.1, -0.05) is 24.3 Å². The number of carbonyl (C=O) groups excluding carboxylic acids is 2. The molecule has 0 aromatic heterocycles. The number of rotatable bonds is 5. The zero-order valence-corrected chi connectivity index (χ0v) is 13.5. The average Bonchev–Trinajstić information content (AvgIpc) is 2.34. The Hall–Kier alpha value is -1.84. The van der Waals surface area contributed by atoms with Crippen LogP contribution in [0.2, 0.25) is 0 Å². The first-order valence-corrected chi connectivity index (χ1v) is 7.26. The van der Waals surface area contributed by atoms with Crippen LogP contribution in [0.5, 0.6) is 0 Å². The summed E-state index contributed by atoms with van der Waals surface area (Å²) in [7, 11) is 0. The van der Waals surface area contributed by atoms with Gasteiger partial charge in [0.15, 0.2) is 0 Å². The molecule has 0 bridgehead atoms. The molecule has 1 aromatic rings. The fourth-order valence-corrected chi connectivity index (χ4v) is 2.07. The summed E-state index contributed by atoms with van der Waals surface area (Å²) in [6.07, 6.45) is 0.245. The van der Waals surface area contributed by atoms with Gasteiger partial charge in [0.2, 0.25) is 5.91 Å². The van der Waals surface area contributed by atoms with E-state index in [4.69, 9.17) is 4.74 Å². The standard InChI is InChI=1S/C17H25NO3/c1-12-8-6-7-9-14(12)13(2)18-15(19)10-11-16(20)21-17(3,4)5/h6-9,13H,10-11H2,1-5H3,(H,18,19). The minimum absolute atomic E-state index is 0.0719. The molecule has 116 valence electrons. The van der Waals surface area contributed by atoms with Crippen LogP contribution in [0.4, 0.5) is 0 Å². The molecule has 4 nitrogen and oxygen atoms in total. The molecule has 1 unspecified atom stereocenters. The van der Waals surface area contributed by atoms with Crippen molar-refractivity contribution in [2.45, 2.75) is 59.1 Å². The topological polar surface area (TPSA) is 55.4 Å². The first kappa shape index (κ1) is 17.2. The lowest BCUT2D eigenvalue weighted by Crippen LogP contribution is -2.29. The van der Waals surface area contributed by atoms with Crippen molar-refractivity contribution in [3.63, 3.8) is 0 Å². The molecule has 0 aliphatic rings. The molecular weight excluding hydrogens is 266 g/mol. The molecule has 4 heteroatoms. The van der Waals surface area contributed by atoms with Crippen molar-refractivity contribution in [2.24, 2.45) is 0 Å². The lowest BCUT2D eigenvalue weighted by atomic mass is 10.0. The summed E-state index contributed by atoms with van der Waals surface area (Å²) in [6.45, 7) is 9.38. The Morgan fingerprint density at radius 1 is 1.19 bits per heavy atom. The molecule has 1 atom stereocenters. The molecule has 21 heavy (non-hydrogen) atoms. The lowest BCUT2D eigenvalue weighted by molar-refractivity contribution is -0.155. The molecule has 0 radical (unpaired) electrons. The van der Waals surface area contributed by atoms with Crippen molar-refractivity contribution in [3.8, 4) is 0 Å². The highest BCUT2D eigenvalue weighted by atomic mass is 16.6. The van der Waals surface area contributed by atoms with Crippen LogP contribution in [-0.2, 0) is 14.3 Å². The van der Waals surface area contributed by atoms with Gasteiger partial charge in [0, 0.05) is 6.42 Å². The quantitative estimate of drug-likeness (QED) is 0.847. The van der Waals surface area contributed by atoms with Crippen LogP contribution in [0.25, 0.3) is 0 Å². The summed E-state index contributed by atoms with van der Waals surface area (Å²) in [5.74, 6) is -0.488. The van der Waals surface area contributed by atoms with E-state index in [0.717, 1.165) is 11.1 Å². The second kappa shape index (κ2) is 7.25. The third kappa shape index (κ3) is 6.43. The highest BCUT2D eigenvalue weighted by molar-refractivity contribution is 5.81. The molecule has 0 fully saturated rings. The van der Waals surface area contributed by atoms with Crippen LogP contribution in [0.1, 0.15) is 57.7 Å². The summed E-state index contributed by atoms with van der Waals surface area (Å²) in [6, 6.07) is 7.85. The largest absolute Gasteiger partial charge is 0.460 e. The van der Waals surface area contributed by atoms with Crippen LogP contribution in [0.3, 0.4) is 0 Å². The van der Waals surface area contributed by atoms with E-state index in [1.807, 2.05) is 58.9 Å². The van der Waals surface area contributed by atoms with E-state index in [-0.39, 0.29) is 30.8 Å². The summed E-state index contributed by atoms with van der Waals surface area (Å²) in [5, 5.41) is 2.91. The zero-order valence-electron chi connectivity index (χ0n) is 13.5. The summed E-state index contributed by atoms with van der Waals surface area (Å²) in [4.78, 5) is 23.5. The Morgan fingerprint density at radius 2 is 1.81 bits per heavy atom. The zero-order chi connectivity index (χ0) is 16.0. The number of hydrogen-bond acceptors (Lipinski definition) is 3. The number of hydrogen-bond donors (Lipinski definition) is 1. The number of esters is 1. The number of nitrogens with one attached hydrogen (secondary N) is 1. The van der Waals surface area contributed by atoms with Crippen molar-refractivity contribution in [1.29, 1.82) is 0 Å². The molecule has 0 aliphatic heterocycles. The predicted octanol–water partition coefficient (Wildman–Crippen LogP) is 3.29. The average molecular weight is 291 g/mol.